The van der Waals surface area contributed by atoms with Crippen LogP contribution in [0.25, 0.3) is 0 Å². The summed E-state index contributed by atoms with van der Waals surface area (Å²) in [5.41, 5.74) is 0.633. The molecule has 0 bridgehead atoms. The number of pyridine rings is 1. The second-order valence-corrected chi connectivity index (χ2v) is 2.74. The van der Waals surface area contributed by atoms with Gasteiger partial charge in [0.05, 0.1) is 0 Å². The van der Waals surface area contributed by atoms with Gasteiger partial charge in [0, 0.05) is 5.56 Å². The van der Waals surface area contributed by atoms with E-state index < -0.39 is 0 Å². The second kappa shape index (κ2) is 4.28. The van der Waals surface area contributed by atoms with Gasteiger partial charge in [-0.15, -0.1) is 0 Å². The number of rotatable bonds is 3. The number of nitrogens with zero attached hydrogens (tertiary/aromatic N) is 1. The lowest BCUT2D eigenvalue weighted by Gasteiger charge is -2.00. The molecule has 0 aromatic carbocycles. The summed E-state index contributed by atoms with van der Waals surface area (Å²) in [5.74, 6) is 0. The van der Waals surface area contributed by atoms with E-state index in [1.807, 2.05) is 0 Å². The second-order valence-electron chi connectivity index (χ2n) is 1.99. The largest absolute Gasteiger partial charge is 0.463 e. The van der Waals surface area contributed by atoms with E-state index in [1.165, 1.54) is 0 Å². The average Bonchev–Trinajstić information content (AvgIpc) is 2.03. The van der Waals surface area contributed by atoms with E-state index in [0.717, 1.165) is 0 Å². The van der Waals surface area contributed by atoms with Crippen LogP contribution in [0.1, 0.15) is 5.56 Å². The lowest BCUT2D eigenvalue weighted by atomic mass is 10.3. The molecule has 1 rings (SSSR count). The van der Waals surface area contributed by atoms with Crippen molar-refractivity contribution in [3.05, 3.63) is 28.0 Å². The topological polar surface area (TPSA) is 39.2 Å². The standard InChI is InChI=1S/C7H5Cl2NO2/c8-6-2-1-5(3-12-4-11)7(9)10-6/h1-2,4H,3H2. The fraction of sp³-hybridized carbons (Fsp3) is 0.143. The quantitative estimate of drug-likeness (QED) is 0.561. The van der Waals surface area contributed by atoms with E-state index in [2.05, 4.69) is 9.72 Å². The van der Waals surface area contributed by atoms with Crippen LogP contribution >= 0.6 is 23.2 Å². The van der Waals surface area contributed by atoms with Crippen molar-refractivity contribution in [3.8, 4) is 0 Å². The van der Waals surface area contributed by atoms with Crippen LogP contribution in [0.15, 0.2) is 12.1 Å². The van der Waals surface area contributed by atoms with Gasteiger partial charge in [-0.1, -0.05) is 23.2 Å². The van der Waals surface area contributed by atoms with Gasteiger partial charge in [-0.3, -0.25) is 4.79 Å². The maximum Gasteiger partial charge on any atom is 0.293 e. The lowest BCUT2D eigenvalue weighted by molar-refractivity contribution is -0.129. The van der Waals surface area contributed by atoms with E-state index in [4.69, 9.17) is 23.2 Å². The maximum atomic E-state index is 9.84. The Hall–Kier alpha value is -0.800. The number of carbonyl (C=O) groups is 1. The molecule has 0 saturated carbocycles. The van der Waals surface area contributed by atoms with Crippen molar-refractivity contribution in [2.45, 2.75) is 6.61 Å². The normalized spacial score (nSPS) is 9.50. The molecule has 3 nitrogen and oxygen atoms in total. The molecule has 0 aliphatic rings. The van der Waals surface area contributed by atoms with Crippen LogP contribution in [0.5, 0.6) is 0 Å². The van der Waals surface area contributed by atoms with Gasteiger partial charge < -0.3 is 4.74 Å². The summed E-state index contributed by atoms with van der Waals surface area (Å²) < 4.78 is 4.49. The molecule has 64 valence electrons. The predicted octanol–water partition coefficient (Wildman–Crippen LogP) is 2.06. The zero-order valence-electron chi connectivity index (χ0n) is 5.96. The summed E-state index contributed by atoms with van der Waals surface area (Å²) in [6, 6.07) is 3.23. The van der Waals surface area contributed by atoms with Crippen molar-refractivity contribution in [3.63, 3.8) is 0 Å². The van der Waals surface area contributed by atoms with Crippen molar-refractivity contribution in [1.82, 2.24) is 4.98 Å². The first-order chi connectivity index (χ1) is 5.74. The first kappa shape index (κ1) is 9.29. The van der Waals surface area contributed by atoms with Crippen molar-refractivity contribution in [2.24, 2.45) is 0 Å². The molecule has 0 aliphatic carbocycles. The van der Waals surface area contributed by atoms with Gasteiger partial charge in [0.2, 0.25) is 0 Å². The van der Waals surface area contributed by atoms with Gasteiger partial charge in [-0.25, -0.2) is 4.98 Å². The van der Waals surface area contributed by atoms with Crippen LogP contribution in [0.3, 0.4) is 0 Å². The summed E-state index contributed by atoms with van der Waals surface area (Å²) in [5, 5.41) is 0.569. The molecule has 1 heterocycles. The number of hydrogen-bond donors (Lipinski definition) is 0. The monoisotopic (exact) mass is 205 g/mol. The Balaban J connectivity index is 2.78. The third-order valence-corrected chi connectivity index (χ3v) is 1.74. The van der Waals surface area contributed by atoms with Crippen molar-refractivity contribution in [1.29, 1.82) is 0 Å². The van der Waals surface area contributed by atoms with Gasteiger partial charge in [-0.2, -0.15) is 0 Å². The number of hydrogen-bond acceptors (Lipinski definition) is 3. The highest BCUT2D eigenvalue weighted by molar-refractivity contribution is 6.32. The molecule has 0 unspecified atom stereocenters. The fourth-order valence-electron chi connectivity index (χ4n) is 0.672. The van der Waals surface area contributed by atoms with Crippen LogP contribution in [-0.4, -0.2) is 11.5 Å². The molecule has 0 saturated heterocycles. The molecule has 0 amide bonds. The van der Waals surface area contributed by atoms with E-state index in [1.54, 1.807) is 12.1 Å². The molecule has 12 heavy (non-hydrogen) atoms. The molecule has 0 radical (unpaired) electrons. The number of carbonyl (C=O) groups excluding carboxylic acids is 1. The maximum absolute atomic E-state index is 9.84. The van der Waals surface area contributed by atoms with Gasteiger partial charge in [-0.05, 0) is 12.1 Å². The smallest absolute Gasteiger partial charge is 0.293 e. The fourth-order valence-corrected chi connectivity index (χ4v) is 1.07. The Bertz CT molecular complexity index is 291. The SMILES string of the molecule is O=COCc1ccc(Cl)nc1Cl. The van der Waals surface area contributed by atoms with Crippen molar-refractivity contribution >= 4 is 29.7 Å². The first-order valence-corrected chi connectivity index (χ1v) is 3.86. The molecular formula is C7H5Cl2NO2. The average molecular weight is 206 g/mol. The minimum atomic E-state index is 0.118. The molecule has 0 fully saturated rings. The lowest BCUT2D eigenvalue weighted by Crippen LogP contribution is -1.92. The van der Waals surface area contributed by atoms with Crippen LogP contribution in [-0.2, 0) is 16.1 Å². The Morgan fingerprint density at radius 1 is 1.50 bits per heavy atom. The van der Waals surface area contributed by atoms with E-state index in [0.29, 0.717) is 17.2 Å². The first-order valence-electron chi connectivity index (χ1n) is 3.10. The van der Waals surface area contributed by atoms with Crippen LogP contribution in [0, 0.1) is 0 Å². The molecule has 0 spiro atoms. The molecule has 0 N–H and O–H groups in total. The molecule has 0 atom stereocenters. The number of ether oxygens (including phenoxy) is 1. The molecule has 1 aromatic rings. The molecule has 1 aromatic heterocycles. The van der Waals surface area contributed by atoms with Gasteiger partial charge in [0.1, 0.15) is 16.9 Å². The van der Waals surface area contributed by atoms with E-state index >= 15 is 0 Å². The van der Waals surface area contributed by atoms with Crippen LogP contribution in [0.4, 0.5) is 0 Å². The van der Waals surface area contributed by atoms with Gasteiger partial charge in [0.15, 0.2) is 0 Å². The van der Waals surface area contributed by atoms with Crippen LogP contribution in [0.2, 0.25) is 10.3 Å². The Morgan fingerprint density at radius 2 is 2.25 bits per heavy atom. The van der Waals surface area contributed by atoms with E-state index in [9.17, 15) is 4.79 Å². The van der Waals surface area contributed by atoms with Gasteiger partial charge >= 0.3 is 0 Å². The van der Waals surface area contributed by atoms with Gasteiger partial charge in [0.25, 0.3) is 6.47 Å². The summed E-state index contributed by atoms with van der Waals surface area (Å²) in [6.07, 6.45) is 0. The number of aromatic nitrogens is 1. The Kier molecular flexibility index (Phi) is 3.31. The summed E-state index contributed by atoms with van der Waals surface area (Å²) >= 11 is 11.2. The molecule has 5 heteroatoms. The molecular weight excluding hydrogens is 201 g/mol. The summed E-state index contributed by atoms with van der Waals surface area (Å²) in [6.45, 7) is 0.470. The highest BCUT2D eigenvalue weighted by atomic mass is 35.5. The number of halogens is 2. The minimum Gasteiger partial charge on any atom is -0.463 e. The zero-order chi connectivity index (χ0) is 8.97. The summed E-state index contributed by atoms with van der Waals surface area (Å²) in [7, 11) is 0. The summed E-state index contributed by atoms with van der Waals surface area (Å²) in [4.78, 5) is 13.6. The minimum absolute atomic E-state index is 0.118. The van der Waals surface area contributed by atoms with Crippen molar-refractivity contribution in [2.75, 3.05) is 0 Å². The molecule has 0 aliphatic heterocycles. The Labute approximate surface area is 79.3 Å². The van der Waals surface area contributed by atoms with Crippen molar-refractivity contribution < 1.29 is 9.53 Å². The third-order valence-electron chi connectivity index (χ3n) is 1.20. The van der Waals surface area contributed by atoms with E-state index in [-0.39, 0.29) is 11.8 Å². The van der Waals surface area contributed by atoms with Crippen LogP contribution < -0.4 is 0 Å². The zero-order valence-corrected chi connectivity index (χ0v) is 7.47. The predicted molar refractivity (Wildman–Crippen MR) is 45.1 cm³/mol. The highest BCUT2D eigenvalue weighted by Crippen LogP contribution is 2.16. The third kappa shape index (κ3) is 2.36. The highest BCUT2D eigenvalue weighted by Gasteiger charge is 2.01. The Morgan fingerprint density at radius 3 is 2.83 bits per heavy atom.